The number of carbonyl (C=O) groups is 2. The van der Waals surface area contributed by atoms with Crippen molar-refractivity contribution in [3.63, 3.8) is 0 Å². The molecule has 0 saturated heterocycles. The second-order valence-electron chi connectivity index (χ2n) is 12.5. The monoisotopic (exact) mass is 648 g/mol. The summed E-state index contributed by atoms with van der Waals surface area (Å²) in [5.74, 6) is -1.04. The van der Waals surface area contributed by atoms with Crippen molar-refractivity contribution < 1.29 is 27.1 Å². The third-order valence-corrected chi connectivity index (χ3v) is 10.2. The first-order valence-corrected chi connectivity index (χ1v) is 17.1. The van der Waals surface area contributed by atoms with E-state index in [1.54, 1.807) is 30.3 Å². The van der Waals surface area contributed by atoms with Gasteiger partial charge >= 0.3 is 5.97 Å². The summed E-state index contributed by atoms with van der Waals surface area (Å²) in [4.78, 5) is 28.4. The lowest BCUT2D eigenvalue weighted by Crippen LogP contribution is -2.41. The highest BCUT2D eigenvalue weighted by Crippen LogP contribution is 2.29. The molecule has 0 radical (unpaired) electrons. The zero-order chi connectivity index (χ0) is 33.0. The molecule has 0 aliphatic heterocycles. The van der Waals surface area contributed by atoms with Crippen molar-refractivity contribution >= 4 is 32.8 Å². The Morgan fingerprint density at radius 2 is 1.63 bits per heavy atom. The first kappa shape index (κ1) is 33.3. The van der Waals surface area contributed by atoms with E-state index in [0.717, 1.165) is 27.8 Å². The van der Waals surface area contributed by atoms with Crippen LogP contribution in [0.5, 0.6) is 0 Å². The third kappa shape index (κ3) is 8.01. The van der Waals surface area contributed by atoms with E-state index in [9.17, 15) is 22.4 Å². The number of hydrogen-bond donors (Lipinski definition) is 4. The number of benzene rings is 3. The van der Waals surface area contributed by atoms with Crippen LogP contribution >= 0.6 is 0 Å². The Morgan fingerprint density at radius 3 is 2.28 bits per heavy atom. The average molecular weight is 649 g/mol. The van der Waals surface area contributed by atoms with Crippen molar-refractivity contribution in [2.24, 2.45) is 17.6 Å². The summed E-state index contributed by atoms with van der Waals surface area (Å²) >= 11 is 0. The number of fused-ring (bicyclic) bond motifs is 1. The van der Waals surface area contributed by atoms with Gasteiger partial charge < -0.3 is 20.8 Å². The van der Waals surface area contributed by atoms with Crippen LogP contribution in [0.25, 0.3) is 22.2 Å². The zero-order valence-electron chi connectivity index (χ0n) is 26.3. The topological polar surface area (TPSA) is 143 Å². The Morgan fingerprint density at radius 1 is 0.957 bits per heavy atom. The van der Waals surface area contributed by atoms with Crippen LogP contribution in [0.1, 0.15) is 63.6 Å². The third-order valence-electron chi connectivity index (χ3n) is 8.69. The summed E-state index contributed by atoms with van der Waals surface area (Å²) < 4.78 is 48.0. The van der Waals surface area contributed by atoms with E-state index in [4.69, 9.17) is 10.5 Å². The molecule has 0 bridgehead atoms. The van der Waals surface area contributed by atoms with Crippen molar-refractivity contribution in [1.82, 2.24) is 15.0 Å². The van der Waals surface area contributed by atoms with Crippen molar-refractivity contribution in [2.45, 2.75) is 76.1 Å². The largest absolute Gasteiger partial charge is 0.460 e. The molecule has 0 spiro atoms. The van der Waals surface area contributed by atoms with E-state index < -0.39 is 22.0 Å². The van der Waals surface area contributed by atoms with Gasteiger partial charge in [-0.25, -0.2) is 17.5 Å². The maximum atomic E-state index is 13.3. The second-order valence-corrected chi connectivity index (χ2v) is 14.2. The first-order chi connectivity index (χ1) is 21.9. The fraction of sp³-hybridized carbons (Fsp3) is 0.371. The number of sulfonamides is 1. The number of carbonyl (C=O) groups excluding carboxylic acids is 2. The highest BCUT2D eigenvalue weighted by molar-refractivity contribution is 7.89. The number of rotatable bonds is 11. The van der Waals surface area contributed by atoms with Crippen LogP contribution in [0.3, 0.4) is 0 Å². The van der Waals surface area contributed by atoms with E-state index >= 15 is 0 Å². The lowest BCUT2D eigenvalue weighted by atomic mass is 9.85. The van der Waals surface area contributed by atoms with Gasteiger partial charge in [0, 0.05) is 28.6 Å². The van der Waals surface area contributed by atoms with Gasteiger partial charge in [-0.05, 0) is 85.5 Å². The number of halogens is 1. The molecule has 1 fully saturated rings. The van der Waals surface area contributed by atoms with Crippen molar-refractivity contribution in [3.05, 3.63) is 89.7 Å². The van der Waals surface area contributed by atoms with E-state index in [1.807, 2.05) is 51.1 Å². The number of esters is 1. The SMILES string of the molecule is CC(C)[C@H](N)C(=O)OCc1ccc(-c2cc3ccc(S(=O)(=O)N[C@H]4CC[C@H](C(=O)N[C@H](C)c5ccc(F)cc5)CC4)cc3[nH]2)cc1. The summed E-state index contributed by atoms with van der Waals surface area (Å²) in [5.41, 5.74) is 9.92. The van der Waals surface area contributed by atoms with Crippen LogP contribution in [-0.2, 0) is 31.0 Å². The number of ether oxygens (including phenoxy) is 1. The molecule has 1 aromatic heterocycles. The molecule has 46 heavy (non-hydrogen) atoms. The standard InChI is InChI=1S/C35H41FN4O5S/c1-21(2)33(37)35(42)45-20-23-4-6-25(7-5-23)31-18-27-12-17-30(19-32(27)39-31)46(43,44)40-29-15-10-26(11-16-29)34(41)38-22(3)24-8-13-28(36)14-9-24/h4-9,12-14,17-19,21-22,26,29,33,39-40H,10-11,15-16,20,37H2,1-3H3,(H,38,41)/t22-,26-,29-,33+/m1/s1. The number of aromatic amines is 1. The molecule has 1 saturated carbocycles. The normalized spacial score (nSPS) is 18.3. The van der Waals surface area contributed by atoms with Gasteiger partial charge in [0.1, 0.15) is 18.5 Å². The van der Waals surface area contributed by atoms with Crippen LogP contribution in [0.2, 0.25) is 0 Å². The molecule has 244 valence electrons. The predicted octanol–water partition coefficient (Wildman–Crippen LogP) is 5.72. The van der Waals surface area contributed by atoms with Crippen LogP contribution in [0.15, 0.2) is 77.7 Å². The summed E-state index contributed by atoms with van der Waals surface area (Å²) in [6, 6.07) is 19.4. The number of H-pyrrole nitrogens is 1. The number of nitrogens with two attached hydrogens (primary N) is 1. The predicted molar refractivity (Wildman–Crippen MR) is 175 cm³/mol. The molecule has 1 amide bonds. The van der Waals surface area contributed by atoms with Crippen LogP contribution in [0.4, 0.5) is 4.39 Å². The van der Waals surface area contributed by atoms with Crippen LogP contribution < -0.4 is 15.8 Å². The average Bonchev–Trinajstić information content (AvgIpc) is 3.47. The Bertz CT molecular complexity index is 1780. The minimum absolute atomic E-state index is 0.00571. The molecule has 9 nitrogen and oxygen atoms in total. The van der Waals surface area contributed by atoms with E-state index in [1.165, 1.54) is 12.1 Å². The van der Waals surface area contributed by atoms with E-state index in [-0.39, 0.29) is 47.1 Å². The molecule has 5 N–H and O–H groups in total. The van der Waals surface area contributed by atoms with Crippen molar-refractivity contribution in [3.8, 4) is 11.3 Å². The molecule has 0 unspecified atom stereocenters. The van der Waals surface area contributed by atoms with Crippen molar-refractivity contribution in [2.75, 3.05) is 0 Å². The summed E-state index contributed by atoms with van der Waals surface area (Å²) in [7, 11) is -3.79. The molecule has 5 rings (SSSR count). The van der Waals surface area contributed by atoms with Gasteiger partial charge in [0.15, 0.2) is 0 Å². The minimum atomic E-state index is -3.79. The highest BCUT2D eigenvalue weighted by atomic mass is 32.2. The molecule has 1 heterocycles. The van der Waals surface area contributed by atoms with E-state index in [0.29, 0.717) is 31.2 Å². The van der Waals surface area contributed by atoms with Gasteiger partial charge in [-0.15, -0.1) is 0 Å². The second kappa shape index (κ2) is 14.1. The van der Waals surface area contributed by atoms with Crippen molar-refractivity contribution in [1.29, 1.82) is 0 Å². The number of nitrogens with one attached hydrogen (secondary N) is 3. The molecular formula is C35H41FN4O5S. The molecule has 2 atom stereocenters. The quantitative estimate of drug-likeness (QED) is 0.153. The maximum absolute atomic E-state index is 13.3. The fourth-order valence-electron chi connectivity index (χ4n) is 5.66. The Hall–Kier alpha value is -4.06. The minimum Gasteiger partial charge on any atom is -0.460 e. The number of aromatic nitrogens is 1. The van der Waals surface area contributed by atoms with Gasteiger partial charge in [-0.2, -0.15) is 0 Å². The fourth-order valence-corrected chi connectivity index (χ4v) is 6.99. The number of hydrogen-bond acceptors (Lipinski definition) is 6. The molecule has 1 aliphatic rings. The Labute approximate surface area is 269 Å². The van der Waals surface area contributed by atoms with Gasteiger partial charge in [0.2, 0.25) is 15.9 Å². The summed E-state index contributed by atoms with van der Waals surface area (Å²) in [6.07, 6.45) is 2.25. The summed E-state index contributed by atoms with van der Waals surface area (Å²) in [6.45, 7) is 5.72. The van der Waals surface area contributed by atoms with Gasteiger partial charge in [-0.3, -0.25) is 9.59 Å². The molecule has 4 aromatic rings. The molecule has 11 heteroatoms. The zero-order valence-corrected chi connectivity index (χ0v) is 27.1. The van der Waals surface area contributed by atoms with Crippen LogP contribution in [-0.4, -0.2) is 37.4 Å². The highest BCUT2D eigenvalue weighted by Gasteiger charge is 2.30. The number of amides is 1. The Balaban J connectivity index is 1.16. The Kier molecular flexibility index (Phi) is 10.2. The van der Waals surface area contributed by atoms with Crippen LogP contribution in [0, 0.1) is 17.7 Å². The molecular weight excluding hydrogens is 607 g/mol. The van der Waals surface area contributed by atoms with Gasteiger partial charge in [0.05, 0.1) is 10.9 Å². The molecule has 3 aromatic carbocycles. The summed E-state index contributed by atoms with van der Waals surface area (Å²) in [5, 5.41) is 3.87. The van der Waals surface area contributed by atoms with E-state index in [2.05, 4.69) is 15.0 Å². The molecule has 1 aliphatic carbocycles. The van der Waals surface area contributed by atoms with Gasteiger partial charge in [-0.1, -0.05) is 56.3 Å². The maximum Gasteiger partial charge on any atom is 0.323 e. The van der Waals surface area contributed by atoms with Gasteiger partial charge in [0.25, 0.3) is 0 Å². The smallest absolute Gasteiger partial charge is 0.323 e. The lowest BCUT2D eigenvalue weighted by molar-refractivity contribution is -0.147. The first-order valence-electron chi connectivity index (χ1n) is 15.6. The lowest BCUT2D eigenvalue weighted by Gasteiger charge is -2.29.